The predicted octanol–water partition coefficient (Wildman–Crippen LogP) is 3.40. The molecule has 28 heavy (non-hydrogen) atoms. The molecule has 0 spiro atoms. The number of benzene rings is 1. The van der Waals surface area contributed by atoms with E-state index in [2.05, 4.69) is 10.3 Å². The molecule has 0 radical (unpaired) electrons. The van der Waals surface area contributed by atoms with Crippen molar-refractivity contribution in [2.24, 2.45) is 11.8 Å². The van der Waals surface area contributed by atoms with Gasteiger partial charge in [0.25, 0.3) is 0 Å². The Morgan fingerprint density at radius 1 is 1.14 bits per heavy atom. The summed E-state index contributed by atoms with van der Waals surface area (Å²) in [6.45, 7) is 2.14. The lowest BCUT2D eigenvalue weighted by Gasteiger charge is -2.14. The number of hydrogen-bond donors (Lipinski definition) is 1. The highest BCUT2D eigenvalue weighted by atomic mass is 32.1. The number of likely N-dealkylation sites (tertiary alicyclic amines) is 1. The molecule has 0 saturated carbocycles. The molecule has 1 aliphatic heterocycles. The maximum atomic E-state index is 12.4. The Labute approximate surface area is 167 Å². The molecule has 1 N–H and O–H groups in total. The third-order valence-corrected chi connectivity index (χ3v) is 6.02. The smallest absolute Gasteiger partial charge is 0.233 e. The van der Waals surface area contributed by atoms with Gasteiger partial charge in [-0.1, -0.05) is 42.0 Å². The van der Waals surface area contributed by atoms with Crippen molar-refractivity contribution in [3.05, 3.63) is 47.4 Å². The molecule has 1 fully saturated rings. The number of nitrogens with one attached hydrogen (secondary N) is 1. The van der Waals surface area contributed by atoms with E-state index in [1.807, 2.05) is 48.7 Å². The zero-order valence-electron chi connectivity index (χ0n) is 15.6. The molecular weight excluding hydrogens is 374 g/mol. The molecule has 2 heterocycles. The largest absolute Gasteiger partial charge is 0.302 e. The topological polar surface area (TPSA) is 79.4 Å². The lowest BCUT2D eigenvalue weighted by atomic mass is 9.85. The first-order chi connectivity index (χ1) is 13.5. The second-order valence-electron chi connectivity index (χ2n) is 7.19. The fourth-order valence-corrected chi connectivity index (χ4v) is 4.41. The number of thiazole rings is 1. The minimum Gasteiger partial charge on any atom is -0.302 e. The Balaban J connectivity index is 1.33. The summed E-state index contributed by atoms with van der Waals surface area (Å²) < 4.78 is 0. The van der Waals surface area contributed by atoms with Gasteiger partial charge in [-0.15, -0.1) is 11.3 Å². The lowest BCUT2D eigenvalue weighted by molar-refractivity contribution is -0.140. The average molecular weight is 395 g/mol. The number of amides is 3. The molecule has 2 atom stereocenters. The summed E-state index contributed by atoms with van der Waals surface area (Å²) in [4.78, 5) is 42.9. The number of rotatable bonds is 5. The lowest BCUT2D eigenvalue weighted by Crippen LogP contribution is -2.34. The molecule has 1 aromatic heterocycles. The van der Waals surface area contributed by atoms with E-state index in [9.17, 15) is 14.4 Å². The van der Waals surface area contributed by atoms with Crippen molar-refractivity contribution in [1.82, 2.24) is 9.88 Å². The molecule has 7 heteroatoms. The summed E-state index contributed by atoms with van der Waals surface area (Å²) in [7, 11) is 0. The highest BCUT2D eigenvalue weighted by Crippen LogP contribution is 2.35. The van der Waals surface area contributed by atoms with Crippen LogP contribution in [-0.4, -0.2) is 34.2 Å². The molecule has 144 valence electrons. The van der Waals surface area contributed by atoms with Crippen molar-refractivity contribution in [3.63, 3.8) is 0 Å². The van der Waals surface area contributed by atoms with Crippen molar-refractivity contribution >= 4 is 34.2 Å². The summed E-state index contributed by atoms with van der Waals surface area (Å²) in [5.74, 6) is -1.06. The van der Waals surface area contributed by atoms with Crippen LogP contribution in [0.5, 0.6) is 0 Å². The van der Waals surface area contributed by atoms with E-state index < -0.39 is 0 Å². The number of carbonyl (C=O) groups is 3. The Kier molecular flexibility index (Phi) is 5.09. The zero-order chi connectivity index (χ0) is 19.7. The Bertz CT molecular complexity index is 922. The molecule has 6 nitrogen and oxygen atoms in total. The highest BCUT2D eigenvalue weighted by Gasteiger charge is 2.46. The minimum absolute atomic E-state index is 0.0732. The van der Waals surface area contributed by atoms with Crippen molar-refractivity contribution in [2.45, 2.75) is 26.2 Å². The van der Waals surface area contributed by atoms with Gasteiger partial charge in [-0.05, 0) is 19.8 Å². The molecule has 1 aromatic carbocycles. The van der Waals surface area contributed by atoms with E-state index in [1.54, 1.807) is 0 Å². The van der Waals surface area contributed by atoms with Crippen LogP contribution in [0.2, 0.25) is 0 Å². The van der Waals surface area contributed by atoms with E-state index >= 15 is 0 Å². The number of anilines is 1. The number of imide groups is 1. The molecule has 4 rings (SSSR count). The van der Waals surface area contributed by atoms with Crippen LogP contribution in [0.4, 0.5) is 5.13 Å². The van der Waals surface area contributed by atoms with Crippen LogP contribution in [-0.2, 0) is 14.4 Å². The van der Waals surface area contributed by atoms with Crippen LogP contribution in [0.3, 0.4) is 0 Å². The molecular formula is C21H21N3O3S. The summed E-state index contributed by atoms with van der Waals surface area (Å²) >= 11 is 1.35. The monoisotopic (exact) mass is 395 g/mol. The van der Waals surface area contributed by atoms with Gasteiger partial charge >= 0.3 is 0 Å². The Hall–Kier alpha value is -2.80. The van der Waals surface area contributed by atoms with E-state index in [-0.39, 0.29) is 42.5 Å². The van der Waals surface area contributed by atoms with Gasteiger partial charge in [0.05, 0.1) is 17.5 Å². The van der Waals surface area contributed by atoms with Crippen molar-refractivity contribution in [3.8, 4) is 11.3 Å². The van der Waals surface area contributed by atoms with Crippen LogP contribution in [0.25, 0.3) is 11.3 Å². The molecule has 0 unspecified atom stereocenters. The van der Waals surface area contributed by atoms with Crippen LogP contribution >= 0.6 is 11.3 Å². The van der Waals surface area contributed by atoms with Crippen LogP contribution in [0.15, 0.2) is 41.8 Å². The quantitative estimate of drug-likeness (QED) is 0.622. The fraction of sp³-hybridized carbons (Fsp3) is 0.333. The molecule has 1 aliphatic carbocycles. The standard InChI is InChI=1S/C21H21N3O3S/c1-13-6-8-14(9-7-13)17-12-28-21(22-17)23-18(25)10-11-24-19(26)15-4-2-3-5-16(15)20(24)27/h2-3,6-9,12,15-16H,4-5,10-11H2,1H3,(H,22,23,25)/t15-,16+. The average Bonchev–Trinajstić information content (AvgIpc) is 3.25. The number of hydrogen-bond acceptors (Lipinski definition) is 5. The van der Waals surface area contributed by atoms with Gasteiger partial charge in [0, 0.05) is 23.9 Å². The zero-order valence-corrected chi connectivity index (χ0v) is 16.4. The third-order valence-electron chi connectivity index (χ3n) is 5.26. The summed E-state index contributed by atoms with van der Waals surface area (Å²) in [6, 6.07) is 8.03. The Morgan fingerprint density at radius 3 is 2.43 bits per heavy atom. The number of fused-ring (bicyclic) bond motifs is 1. The van der Waals surface area contributed by atoms with Gasteiger partial charge in [0.2, 0.25) is 17.7 Å². The predicted molar refractivity (Wildman–Crippen MR) is 108 cm³/mol. The molecule has 2 aliphatic rings. The minimum atomic E-state index is -0.253. The molecule has 3 amide bonds. The third kappa shape index (κ3) is 3.62. The molecule has 2 aromatic rings. The van der Waals surface area contributed by atoms with Gasteiger partial charge in [-0.3, -0.25) is 19.3 Å². The van der Waals surface area contributed by atoms with Crippen molar-refractivity contribution < 1.29 is 14.4 Å². The summed E-state index contributed by atoms with van der Waals surface area (Å²) in [6.07, 6.45) is 5.20. The van der Waals surface area contributed by atoms with Crippen LogP contribution in [0, 0.1) is 18.8 Å². The normalized spacial score (nSPS) is 21.1. The molecule has 0 bridgehead atoms. The fourth-order valence-electron chi connectivity index (χ4n) is 3.67. The first-order valence-electron chi connectivity index (χ1n) is 9.35. The van der Waals surface area contributed by atoms with E-state index in [1.165, 1.54) is 21.8 Å². The summed E-state index contributed by atoms with van der Waals surface area (Å²) in [5, 5.41) is 5.17. The van der Waals surface area contributed by atoms with Gasteiger partial charge in [0.15, 0.2) is 5.13 Å². The SMILES string of the molecule is Cc1ccc(-c2csc(NC(=O)CCN3C(=O)[C@H]4CC=CC[C@H]4C3=O)n2)cc1. The second-order valence-corrected chi connectivity index (χ2v) is 8.04. The van der Waals surface area contributed by atoms with E-state index in [0.717, 1.165) is 11.3 Å². The van der Waals surface area contributed by atoms with Crippen molar-refractivity contribution in [1.29, 1.82) is 0 Å². The number of carbonyl (C=O) groups excluding carboxylic acids is 3. The number of allylic oxidation sites excluding steroid dienone is 2. The first-order valence-corrected chi connectivity index (χ1v) is 10.2. The maximum absolute atomic E-state index is 12.4. The van der Waals surface area contributed by atoms with Gasteiger partial charge < -0.3 is 5.32 Å². The van der Waals surface area contributed by atoms with Gasteiger partial charge in [-0.25, -0.2) is 4.98 Å². The first kappa shape index (κ1) is 18.6. The van der Waals surface area contributed by atoms with Crippen LogP contribution < -0.4 is 5.32 Å². The Morgan fingerprint density at radius 2 is 1.79 bits per heavy atom. The van der Waals surface area contributed by atoms with Crippen molar-refractivity contribution in [2.75, 3.05) is 11.9 Å². The highest BCUT2D eigenvalue weighted by molar-refractivity contribution is 7.14. The van der Waals surface area contributed by atoms with E-state index in [4.69, 9.17) is 0 Å². The van der Waals surface area contributed by atoms with Gasteiger partial charge in [-0.2, -0.15) is 0 Å². The van der Waals surface area contributed by atoms with E-state index in [0.29, 0.717) is 18.0 Å². The molecule has 1 saturated heterocycles. The second kappa shape index (κ2) is 7.67. The number of aryl methyl sites for hydroxylation is 1. The summed E-state index contributed by atoms with van der Waals surface area (Å²) in [5.41, 5.74) is 2.97. The van der Waals surface area contributed by atoms with Gasteiger partial charge in [0.1, 0.15) is 0 Å². The van der Waals surface area contributed by atoms with Crippen LogP contribution in [0.1, 0.15) is 24.8 Å². The maximum Gasteiger partial charge on any atom is 0.233 e. The number of aromatic nitrogens is 1. The number of nitrogens with zero attached hydrogens (tertiary/aromatic N) is 2.